The molecule has 7 heteroatoms. The van der Waals surface area contributed by atoms with Crippen LogP contribution in [-0.2, 0) is 15.9 Å². The van der Waals surface area contributed by atoms with E-state index >= 15 is 0 Å². The van der Waals surface area contributed by atoms with Crippen LogP contribution >= 0.6 is 15.9 Å². The van der Waals surface area contributed by atoms with Crippen molar-refractivity contribution >= 4 is 32.6 Å². The Bertz CT molecular complexity index is 1480. The first kappa shape index (κ1) is 22.9. The van der Waals surface area contributed by atoms with Crippen LogP contribution in [0.2, 0.25) is 0 Å². The Hall–Kier alpha value is -3.84. The number of ether oxygens (including phenoxy) is 2. The summed E-state index contributed by atoms with van der Waals surface area (Å²) in [7, 11) is 1.57. The summed E-state index contributed by atoms with van der Waals surface area (Å²) in [5, 5.41) is 3.95. The van der Waals surface area contributed by atoms with Crippen LogP contribution in [0, 0.1) is 0 Å². The average Bonchev–Trinajstić information content (AvgIpc) is 3.43. The third-order valence-corrected chi connectivity index (χ3v) is 6.58. The molecule has 0 bridgehead atoms. The average molecular weight is 531 g/mol. The number of rotatable bonds is 6. The van der Waals surface area contributed by atoms with Gasteiger partial charge >= 0.3 is 0 Å². The van der Waals surface area contributed by atoms with E-state index in [1.807, 2.05) is 72.8 Å². The predicted molar refractivity (Wildman–Crippen MR) is 139 cm³/mol. The van der Waals surface area contributed by atoms with Crippen LogP contribution in [0.3, 0.4) is 0 Å². The number of benzene rings is 3. The highest BCUT2D eigenvalue weighted by Crippen LogP contribution is 2.36. The Labute approximate surface area is 210 Å². The number of pyridine rings is 1. The lowest BCUT2D eigenvalue weighted by molar-refractivity contribution is 0.0705. The molecule has 1 aliphatic heterocycles. The fraction of sp³-hybridized carbons (Fsp3) is 0.143. The maximum atomic E-state index is 14.1. The number of hydrogen-bond acceptors (Lipinski definition) is 4. The Morgan fingerprint density at radius 3 is 2.40 bits per heavy atom. The molecular formula is C28H23BrN2O4. The van der Waals surface area contributed by atoms with Gasteiger partial charge in [-0.25, -0.2) is 0 Å². The molecule has 176 valence electrons. The van der Waals surface area contributed by atoms with Crippen LogP contribution in [0.1, 0.15) is 22.1 Å². The molecule has 35 heavy (non-hydrogen) atoms. The minimum Gasteiger partial charge on any atom is -0.462 e. The largest absolute Gasteiger partial charge is 0.462 e. The summed E-state index contributed by atoms with van der Waals surface area (Å²) in [6.45, 7) is 0.0662. The van der Waals surface area contributed by atoms with Crippen LogP contribution in [0.5, 0.6) is 0 Å². The van der Waals surface area contributed by atoms with Gasteiger partial charge in [-0.2, -0.15) is 0 Å². The molecule has 2 heterocycles. The van der Waals surface area contributed by atoms with Gasteiger partial charge in [0.1, 0.15) is 18.0 Å². The molecule has 0 aliphatic carbocycles. The van der Waals surface area contributed by atoms with Gasteiger partial charge in [-0.1, -0.05) is 76.6 Å². The molecule has 3 aromatic carbocycles. The van der Waals surface area contributed by atoms with Crippen LogP contribution in [0.4, 0.5) is 0 Å². The summed E-state index contributed by atoms with van der Waals surface area (Å²) < 4.78 is 13.5. The van der Waals surface area contributed by atoms with Crippen molar-refractivity contribution in [3.8, 4) is 11.1 Å². The van der Waals surface area contributed by atoms with Gasteiger partial charge in [0.25, 0.3) is 11.5 Å². The normalized spacial score (nSPS) is 13.6. The molecule has 1 aliphatic rings. The van der Waals surface area contributed by atoms with Crippen LogP contribution in [0.15, 0.2) is 100 Å². The zero-order chi connectivity index (χ0) is 24.4. The first-order valence-electron chi connectivity index (χ1n) is 11.2. The number of aromatic nitrogens is 1. The molecule has 0 saturated heterocycles. The summed E-state index contributed by atoms with van der Waals surface area (Å²) in [5.74, 6) is 0.136. The third kappa shape index (κ3) is 4.35. The molecule has 0 fully saturated rings. The number of hydrogen-bond donors (Lipinski definition) is 1. The molecule has 5 rings (SSSR count). The predicted octanol–water partition coefficient (Wildman–Crippen LogP) is 5.42. The highest BCUT2D eigenvalue weighted by atomic mass is 79.9. The second-order valence-corrected chi connectivity index (χ2v) is 9.10. The van der Waals surface area contributed by atoms with Gasteiger partial charge < -0.3 is 14.8 Å². The van der Waals surface area contributed by atoms with Crippen molar-refractivity contribution in [3.05, 3.63) is 117 Å². The number of amides is 1. The number of nitrogens with zero attached hydrogens (tertiary/aromatic N) is 1. The number of allylic oxidation sites excluding steroid dienone is 1. The van der Waals surface area contributed by atoms with E-state index in [1.165, 1.54) is 6.26 Å². The zero-order valence-electron chi connectivity index (χ0n) is 19.0. The summed E-state index contributed by atoms with van der Waals surface area (Å²) in [4.78, 5) is 27.6. The van der Waals surface area contributed by atoms with E-state index in [0.717, 1.165) is 15.6 Å². The second kappa shape index (κ2) is 9.80. The lowest BCUT2D eigenvalue weighted by Gasteiger charge is -2.26. The van der Waals surface area contributed by atoms with Crippen LogP contribution < -0.4 is 10.9 Å². The van der Waals surface area contributed by atoms with Crippen molar-refractivity contribution in [2.24, 2.45) is 0 Å². The van der Waals surface area contributed by atoms with Crippen molar-refractivity contribution in [2.75, 3.05) is 13.8 Å². The van der Waals surface area contributed by atoms with Crippen molar-refractivity contribution < 1.29 is 14.3 Å². The number of carbonyl (C=O) groups is 1. The Kier molecular flexibility index (Phi) is 6.42. The maximum absolute atomic E-state index is 14.1. The van der Waals surface area contributed by atoms with Crippen LogP contribution in [0.25, 0.3) is 21.9 Å². The fourth-order valence-electron chi connectivity index (χ4n) is 4.51. The van der Waals surface area contributed by atoms with Gasteiger partial charge in [-0.3, -0.25) is 14.2 Å². The number of halogens is 1. The number of fused-ring (bicyclic) bond motifs is 1. The lowest BCUT2D eigenvalue weighted by Crippen LogP contribution is -2.36. The number of nitrogens with one attached hydrogen (secondary N) is 1. The highest BCUT2D eigenvalue weighted by molar-refractivity contribution is 9.10. The van der Waals surface area contributed by atoms with E-state index in [9.17, 15) is 9.59 Å². The smallest absolute Gasteiger partial charge is 0.268 e. The standard InChI is InChI=1S/C28H23BrN2O4/c1-30-27(32)26-25(19-10-6-3-7-11-19)22-15-20(29)12-13-21(22)28(33)31(26)23(24-16-34-17-35-24)14-18-8-4-2-5-9-18/h2-13,15-16,23H,14,17H2,1H3,(H,30,32). The van der Waals surface area contributed by atoms with Crippen molar-refractivity contribution in [1.82, 2.24) is 9.88 Å². The first-order chi connectivity index (χ1) is 17.1. The Morgan fingerprint density at radius 2 is 1.74 bits per heavy atom. The molecule has 1 aromatic heterocycles. The summed E-state index contributed by atoms with van der Waals surface area (Å²) in [6, 6.07) is 24.4. The van der Waals surface area contributed by atoms with Crippen molar-refractivity contribution in [3.63, 3.8) is 0 Å². The molecule has 1 unspecified atom stereocenters. The van der Waals surface area contributed by atoms with Gasteiger partial charge in [0, 0.05) is 28.9 Å². The highest BCUT2D eigenvalue weighted by Gasteiger charge is 2.31. The van der Waals surface area contributed by atoms with Gasteiger partial charge in [0.05, 0.1) is 0 Å². The Morgan fingerprint density at radius 1 is 1.03 bits per heavy atom. The molecule has 0 saturated carbocycles. The lowest BCUT2D eigenvalue weighted by atomic mass is 9.94. The minimum atomic E-state index is -0.588. The van der Waals surface area contributed by atoms with Gasteiger partial charge in [0.2, 0.25) is 6.79 Å². The summed E-state index contributed by atoms with van der Waals surface area (Å²) in [6.07, 6.45) is 1.97. The fourth-order valence-corrected chi connectivity index (χ4v) is 4.87. The zero-order valence-corrected chi connectivity index (χ0v) is 20.6. The van der Waals surface area contributed by atoms with E-state index in [4.69, 9.17) is 9.47 Å². The molecule has 4 aromatic rings. The van der Waals surface area contributed by atoms with E-state index in [2.05, 4.69) is 21.2 Å². The van der Waals surface area contributed by atoms with E-state index in [1.54, 1.807) is 17.7 Å². The topological polar surface area (TPSA) is 69.6 Å². The first-order valence-corrected chi connectivity index (χ1v) is 12.0. The molecule has 6 nitrogen and oxygen atoms in total. The van der Waals surface area contributed by atoms with E-state index < -0.39 is 6.04 Å². The number of carbonyl (C=O) groups excluding carboxylic acids is 1. The van der Waals surface area contributed by atoms with Crippen molar-refractivity contribution in [2.45, 2.75) is 12.5 Å². The molecule has 1 atom stereocenters. The molecule has 0 radical (unpaired) electrons. The third-order valence-electron chi connectivity index (χ3n) is 6.09. The molecular weight excluding hydrogens is 508 g/mol. The SMILES string of the molecule is CNC(=O)c1c(-c2ccccc2)c2cc(Br)ccc2c(=O)n1C(Cc1ccccc1)C1=COCO1. The molecule has 1 amide bonds. The molecule has 0 spiro atoms. The monoisotopic (exact) mass is 530 g/mol. The van der Waals surface area contributed by atoms with Crippen LogP contribution in [-0.4, -0.2) is 24.3 Å². The second-order valence-electron chi connectivity index (χ2n) is 8.19. The Balaban J connectivity index is 1.89. The maximum Gasteiger partial charge on any atom is 0.268 e. The van der Waals surface area contributed by atoms with Crippen molar-refractivity contribution in [1.29, 1.82) is 0 Å². The van der Waals surface area contributed by atoms with Gasteiger partial charge in [-0.05, 0) is 34.7 Å². The minimum absolute atomic E-state index is 0.0662. The van der Waals surface area contributed by atoms with Gasteiger partial charge in [-0.15, -0.1) is 0 Å². The quantitative estimate of drug-likeness (QED) is 0.361. The van der Waals surface area contributed by atoms with Gasteiger partial charge in [0.15, 0.2) is 5.76 Å². The summed E-state index contributed by atoms with van der Waals surface area (Å²) in [5.41, 5.74) is 2.51. The summed E-state index contributed by atoms with van der Waals surface area (Å²) >= 11 is 3.53. The molecule has 1 N–H and O–H groups in total. The van der Waals surface area contributed by atoms with E-state index in [-0.39, 0.29) is 24.0 Å². The van der Waals surface area contributed by atoms with E-state index in [0.29, 0.717) is 28.5 Å².